The van der Waals surface area contributed by atoms with Gasteiger partial charge in [0.1, 0.15) is 17.5 Å². The van der Waals surface area contributed by atoms with Crippen molar-refractivity contribution in [3.8, 4) is 17.6 Å². The summed E-state index contributed by atoms with van der Waals surface area (Å²) in [6.07, 6.45) is 2.22. The van der Waals surface area contributed by atoms with Gasteiger partial charge in [0.25, 0.3) is 0 Å². The lowest BCUT2D eigenvalue weighted by molar-refractivity contribution is 0.332. The Kier molecular flexibility index (Phi) is 4.48. The van der Waals surface area contributed by atoms with Gasteiger partial charge >= 0.3 is 5.69 Å². The SMILES string of the molecule is CC(C)CNC(=S)N1CC2CC1c1c(O)n(-c3cnc(C#N)c4ccccc34)c(=O)n12. The van der Waals surface area contributed by atoms with E-state index in [4.69, 9.17) is 12.2 Å². The minimum atomic E-state index is -0.294. The minimum Gasteiger partial charge on any atom is -0.493 e. The van der Waals surface area contributed by atoms with Crippen LogP contribution in [0, 0.1) is 17.2 Å². The molecule has 0 radical (unpaired) electrons. The molecule has 0 saturated carbocycles. The minimum absolute atomic E-state index is 0.0453. The van der Waals surface area contributed by atoms with Crippen molar-refractivity contribution >= 4 is 28.1 Å². The van der Waals surface area contributed by atoms with Crippen LogP contribution in [0.2, 0.25) is 0 Å². The van der Waals surface area contributed by atoms with Gasteiger partial charge in [-0.1, -0.05) is 38.1 Å². The molecule has 2 aliphatic rings. The van der Waals surface area contributed by atoms with Gasteiger partial charge in [0.05, 0.1) is 24.0 Å². The van der Waals surface area contributed by atoms with Gasteiger partial charge in [-0.25, -0.2) is 14.3 Å². The predicted octanol–water partition coefficient (Wildman–Crippen LogP) is 2.60. The van der Waals surface area contributed by atoms with E-state index < -0.39 is 0 Å². The summed E-state index contributed by atoms with van der Waals surface area (Å²) < 4.78 is 2.99. The number of likely N-dealkylation sites (tertiary alicyclic amines) is 1. The molecule has 2 unspecified atom stereocenters. The zero-order chi connectivity index (χ0) is 21.9. The second kappa shape index (κ2) is 7.10. The van der Waals surface area contributed by atoms with Crippen LogP contribution >= 0.6 is 12.2 Å². The van der Waals surface area contributed by atoms with Crippen LogP contribution < -0.4 is 11.0 Å². The van der Waals surface area contributed by atoms with Gasteiger partial charge in [0, 0.05) is 23.9 Å². The molecule has 9 heteroatoms. The summed E-state index contributed by atoms with van der Waals surface area (Å²) in [4.78, 5) is 19.7. The van der Waals surface area contributed by atoms with Crippen molar-refractivity contribution in [2.75, 3.05) is 13.1 Å². The van der Waals surface area contributed by atoms with Crippen molar-refractivity contribution < 1.29 is 5.11 Å². The summed E-state index contributed by atoms with van der Waals surface area (Å²) in [5.74, 6) is 0.369. The number of thiocarbonyl (C=S) groups is 1. The lowest BCUT2D eigenvalue weighted by atomic mass is 10.1. The maximum absolute atomic E-state index is 13.4. The first-order valence-electron chi connectivity index (χ1n) is 10.3. The fourth-order valence-electron chi connectivity index (χ4n) is 4.73. The quantitative estimate of drug-likeness (QED) is 0.611. The van der Waals surface area contributed by atoms with Crippen LogP contribution in [0.3, 0.4) is 0 Å². The number of aromatic hydroxyl groups is 1. The van der Waals surface area contributed by atoms with Gasteiger partial charge in [-0.3, -0.25) is 4.57 Å². The van der Waals surface area contributed by atoms with E-state index in [0.29, 0.717) is 39.7 Å². The van der Waals surface area contributed by atoms with Gasteiger partial charge in [-0.05, 0) is 24.6 Å². The summed E-state index contributed by atoms with van der Waals surface area (Å²) in [5, 5.41) is 25.8. The molecule has 2 bridgehead atoms. The molecule has 3 aromatic rings. The lowest BCUT2D eigenvalue weighted by Gasteiger charge is -2.30. The monoisotopic (exact) mass is 434 g/mol. The largest absolute Gasteiger partial charge is 0.493 e. The van der Waals surface area contributed by atoms with Crippen LogP contribution in [0.15, 0.2) is 35.3 Å². The molecule has 5 rings (SSSR count). The number of rotatable bonds is 3. The number of benzene rings is 1. The highest BCUT2D eigenvalue weighted by atomic mass is 32.1. The Morgan fingerprint density at radius 3 is 2.84 bits per heavy atom. The molecule has 0 spiro atoms. The number of pyridine rings is 1. The molecule has 1 saturated heterocycles. The number of hydrogen-bond acceptors (Lipinski definition) is 5. The first-order valence-corrected chi connectivity index (χ1v) is 10.7. The van der Waals surface area contributed by atoms with E-state index in [-0.39, 0.29) is 29.3 Å². The van der Waals surface area contributed by atoms with Gasteiger partial charge in [-0.15, -0.1) is 0 Å². The number of aromatic nitrogens is 3. The van der Waals surface area contributed by atoms with Gasteiger partial charge in [0.15, 0.2) is 5.11 Å². The molecular formula is C22H22N6O2S. The molecular weight excluding hydrogens is 412 g/mol. The number of nitrogens with zero attached hydrogens (tertiary/aromatic N) is 5. The average Bonchev–Trinajstić information content (AvgIpc) is 3.43. The third-order valence-electron chi connectivity index (χ3n) is 6.10. The molecule has 2 aliphatic heterocycles. The second-order valence-corrected chi connectivity index (χ2v) is 8.87. The molecule has 31 heavy (non-hydrogen) atoms. The molecule has 158 valence electrons. The van der Waals surface area contributed by atoms with Crippen molar-refractivity contribution in [2.45, 2.75) is 32.4 Å². The van der Waals surface area contributed by atoms with Crippen LogP contribution in [0.1, 0.15) is 43.7 Å². The highest BCUT2D eigenvalue weighted by molar-refractivity contribution is 7.80. The van der Waals surface area contributed by atoms with Crippen LogP contribution in [0.5, 0.6) is 5.88 Å². The Bertz CT molecular complexity index is 1320. The molecule has 1 aromatic carbocycles. The Morgan fingerprint density at radius 1 is 1.39 bits per heavy atom. The molecule has 4 heterocycles. The van der Waals surface area contributed by atoms with Crippen molar-refractivity contribution in [1.29, 1.82) is 5.26 Å². The molecule has 2 aromatic heterocycles. The van der Waals surface area contributed by atoms with Gasteiger partial charge in [-0.2, -0.15) is 5.26 Å². The van der Waals surface area contributed by atoms with Crippen molar-refractivity contribution in [1.82, 2.24) is 24.3 Å². The molecule has 1 fully saturated rings. The van der Waals surface area contributed by atoms with E-state index in [0.717, 1.165) is 13.0 Å². The number of imidazole rings is 1. The number of nitriles is 1. The van der Waals surface area contributed by atoms with Gasteiger partial charge < -0.3 is 15.3 Å². The Morgan fingerprint density at radius 2 is 2.13 bits per heavy atom. The third kappa shape index (κ3) is 2.82. The average molecular weight is 435 g/mol. The molecule has 8 nitrogen and oxygen atoms in total. The molecule has 2 N–H and O–H groups in total. The third-order valence-corrected chi connectivity index (χ3v) is 6.48. The van der Waals surface area contributed by atoms with Crippen molar-refractivity contribution in [2.24, 2.45) is 5.92 Å². The fraction of sp³-hybridized carbons (Fsp3) is 0.364. The second-order valence-electron chi connectivity index (χ2n) is 8.48. The normalized spacial score (nSPS) is 19.1. The van der Waals surface area contributed by atoms with Gasteiger partial charge in [0.2, 0.25) is 5.88 Å². The van der Waals surface area contributed by atoms with E-state index in [1.54, 1.807) is 10.6 Å². The summed E-state index contributed by atoms with van der Waals surface area (Å²) in [6.45, 7) is 5.64. The Labute approximate surface area is 184 Å². The summed E-state index contributed by atoms with van der Waals surface area (Å²) in [6, 6.07) is 9.17. The predicted molar refractivity (Wildman–Crippen MR) is 120 cm³/mol. The maximum Gasteiger partial charge on any atom is 0.336 e. The van der Waals surface area contributed by atoms with Crippen LogP contribution in [0.4, 0.5) is 0 Å². The first-order chi connectivity index (χ1) is 14.9. The van der Waals surface area contributed by atoms with Crippen molar-refractivity contribution in [3.05, 3.63) is 52.3 Å². The van der Waals surface area contributed by atoms with Crippen LogP contribution in [0.25, 0.3) is 16.5 Å². The Balaban J connectivity index is 1.61. The van der Waals surface area contributed by atoms with E-state index in [9.17, 15) is 15.2 Å². The maximum atomic E-state index is 13.4. The van der Waals surface area contributed by atoms with Crippen molar-refractivity contribution in [3.63, 3.8) is 0 Å². The molecule has 2 atom stereocenters. The number of nitrogens with one attached hydrogen (secondary N) is 1. The molecule has 0 amide bonds. The van der Waals surface area contributed by atoms with Crippen LogP contribution in [-0.2, 0) is 0 Å². The van der Waals surface area contributed by atoms with E-state index in [1.807, 2.05) is 18.2 Å². The fourth-order valence-corrected chi connectivity index (χ4v) is 5.01. The standard InChI is InChI=1S/C22H22N6O2S/c1-12(2)9-25-21(31)26-11-13-7-17(26)19-20(29)28(22(30)27(13)19)18-10-24-16(8-23)14-5-3-4-6-15(14)18/h3-6,10,12-13,17,29H,7,9,11H2,1-2H3,(H,25,31). The highest BCUT2D eigenvalue weighted by Gasteiger charge is 2.48. The zero-order valence-corrected chi connectivity index (χ0v) is 18.1. The highest BCUT2D eigenvalue weighted by Crippen LogP contribution is 2.48. The summed E-state index contributed by atoms with van der Waals surface area (Å²) in [7, 11) is 0. The van der Waals surface area contributed by atoms with Crippen LogP contribution in [-0.4, -0.2) is 42.3 Å². The summed E-state index contributed by atoms with van der Waals surface area (Å²) >= 11 is 5.59. The first kappa shape index (κ1) is 19.6. The van der Waals surface area contributed by atoms with E-state index in [1.165, 1.54) is 10.8 Å². The number of fused-ring (bicyclic) bond motifs is 6. The van der Waals surface area contributed by atoms with E-state index >= 15 is 0 Å². The molecule has 0 aliphatic carbocycles. The number of hydrogen-bond donors (Lipinski definition) is 2. The lowest BCUT2D eigenvalue weighted by Crippen LogP contribution is -2.44. The smallest absolute Gasteiger partial charge is 0.336 e. The van der Waals surface area contributed by atoms with E-state index in [2.05, 4.69) is 35.1 Å². The zero-order valence-electron chi connectivity index (χ0n) is 17.2. The summed E-state index contributed by atoms with van der Waals surface area (Å²) in [5.41, 5.74) is 1.04. The topological polar surface area (TPSA) is 99.1 Å². The Hall–Kier alpha value is -3.38.